The predicted octanol–water partition coefficient (Wildman–Crippen LogP) is 2.35. The number of aromatic hydroxyl groups is 2. The fourth-order valence-corrected chi connectivity index (χ4v) is 1.46. The van der Waals surface area contributed by atoms with Crippen LogP contribution in [0, 0.1) is 0 Å². The maximum Gasteiger partial charge on any atom is 0.123 e. The number of phenolic OH excluding ortho intramolecular Hbond substituents is 2. The van der Waals surface area contributed by atoms with Crippen LogP contribution in [-0.2, 0) is 0 Å². The molecule has 2 rings (SSSR count). The SMILES string of the molecule is Nc1ccc(O)c(-c2cccc(O)c2)c1. The van der Waals surface area contributed by atoms with Gasteiger partial charge >= 0.3 is 0 Å². The van der Waals surface area contributed by atoms with Crippen LogP contribution < -0.4 is 5.73 Å². The number of anilines is 1. The second-order valence-electron chi connectivity index (χ2n) is 3.33. The van der Waals surface area contributed by atoms with Gasteiger partial charge in [-0.1, -0.05) is 12.1 Å². The summed E-state index contributed by atoms with van der Waals surface area (Å²) in [6.07, 6.45) is 0. The molecule has 0 aromatic heterocycles. The van der Waals surface area contributed by atoms with E-state index >= 15 is 0 Å². The van der Waals surface area contributed by atoms with Crippen molar-refractivity contribution in [2.24, 2.45) is 0 Å². The van der Waals surface area contributed by atoms with Gasteiger partial charge < -0.3 is 15.9 Å². The lowest BCUT2D eigenvalue weighted by Crippen LogP contribution is -1.86. The molecule has 3 heteroatoms. The van der Waals surface area contributed by atoms with Crippen molar-refractivity contribution in [1.82, 2.24) is 0 Å². The second kappa shape index (κ2) is 3.53. The molecule has 0 aliphatic rings. The van der Waals surface area contributed by atoms with Gasteiger partial charge in [0.1, 0.15) is 11.5 Å². The Hall–Kier alpha value is -2.16. The van der Waals surface area contributed by atoms with Crippen molar-refractivity contribution in [1.29, 1.82) is 0 Å². The number of nitrogens with two attached hydrogens (primary N) is 1. The molecule has 0 atom stereocenters. The Morgan fingerprint density at radius 3 is 2.47 bits per heavy atom. The maximum absolute atomic E-state index is 9.64. The van der Waals surface area contributed by atoms with Gasteiger partial charge in [0, 0.05) is 11.3 Å². The number of phenols is 2. The van der Waals surface area contributed by atoms with Gasteiger partial charge in [-0.15, -0.1) is 0 Å². The molecule has 2 aromatic rings. The number of rotatable bonds is 1. The van der Waals surface area contributed by atoms with Gasteiger partial charge in [0.25, 0.3) is 0 Å². The molecular formula is C12H11NO2. The van der Waals surface area contributed by atoms with Crippen LogP contribution in [0.3, 0.4) is 0 Å². The summed E-state index contributed by atoms with van der Waals surface area (Å²) in [4.78, 5) is 0. The van der Waals surface area contributed by atoms with E-state index in [0.29, 0.717) is 11.3 Å². The highest BCUT2D eigenvalue weighted by molar-refractivity contribution is 5.74. The molecule has 0 amide bonds. The van der Waals surface area contributed by atoms with Crippen LogP contribution in [0.2, 0.25) is 0 Å². The third kappa shape index (κ3) is 1.86. The molecule has 15 heavy (non-hydrogen) atoms. The van der Waals surface area contributed by atoms with Crippen LogP contribution in [0.5, 0.6) is 11.5 Å². The van der Waals surface area contributed by atoms with E-state index < -0.39 is 0 Å². The minimum Gasteiger partial charge on any atom is -0.508 e. The van der Waals surface area contributed by atoms with Crippen LogP contribution in [0.4, 0.5) is 5.69 Å². The monoisotopic (exact) mass is 201 g/mol. The van der Waals surface area contributed by atoms with Gasteiger partial charge in [-0.05, 0) is 35.9 Å². The molecule has 0 radical (unpaired) electrons. The topological polar surface area (TPSA) is 66.5 Å². The Morgan fingerprint density at radius 1 is 0.933 bits per heavy atom. The first kappa shape index (κ1) is 9.40. The van der Waals surface area contributed by atoms with Crippen molar-refractivity contribution in [2.75, 3.05) is 5.73 Å². The highest BCUT2D eigenvalue weighted by Crippen LogP contribution is 2.32. The highest BCUT2D eigenvalue weighted by atomic mass is 16.3. The number of hydrogen-bond acceptors (Lipinski definition) is 3. The van der Waals surface area contributed by atoms with Crippen molar-refractivity contribution in [2.45, 2.75) is 0 Å². The molecule has 0 unspecified atom stereocenters. The van der Waals surface area contributed by atoms with E-state index in [1.165, 1.54) is 6.07 Å². The van der Waals surface area contributed by atoms with Gasteiger partial charge in [-0.3, -0.25) is 0 Å². The summed E-state index contributed by atoms with van der Waals surface area (Å²) in [5, 5.41) is 19.0. The average molecular weight is 201 g/mol. The fraction of sp³-hybridized carbons (Fsp3) is 0. The van der Waals surface area contributed by atoms with E-state index in [1.807, 2.05) is 0 Å². The smallest absolute Gasteiger partial charge is 0.123 e. The van der Waals surface area contributed by atoms with E-state index in [2.05, 4.69) is 0 Å². The number of benzene rings is 2. The van der Waals surface area contributed by atoms with Crippen LogP contribution in [0.1, 0.15) is 0 Å². The summed E-state index contributed by atoms with van der Waals surface area (Å²) in [6, 6.07) is 11.5. The predicted molar refractivity (Wildman–Crippen MR) is 59.6 cm³/mol. The molecule has 4 N–H and O–H groups in total. The van der Waals surface area contributed by atoms with E-state index in [1.54, 1.807) is 36.4 Å². The molecule has 0 heterocycles. The molecule has 0 aliphatic carbocycles. The molecule has 0 saturated heterocycles. The van der Waals surface area contributed by atoms with Crippen molar-refractivity contribution in [3.05, 3.63) is 42.5 Å². The van der Waals surface area contributed by atoms with Crippen molar-refractivity contribution in [3.8, 4) is 22.6 Å². The maximum atomic E-state index is 9.64. The Bertz CT molecular complexity index is 495. The molecule has 2 aromatic carbocycles. The zero-order chi connectivity index (χ0) is 10.8. The third-order valence-electron chi connectivity index (χ3n) is 2.18. The first-order chi connectivity index (χ1) is 7.16. The summed E-state index contributed by atoms with van der Waals surface area (Å²) in [6.45, 7) is 0. The molecule has 0 bridgehead atoms. The second-order valence-corrected chi connectivity index (χ2v) is 3.33. The van der Waals surface area contributed by atoms with Crippen LogP contribution in [0.15, 0.2) is 42.5 Å². The summed E-state index contributed by atoms with van der Waals surface area (Å²) < 4.78 is 0. The Balaban J connectivity index is 2.58. The minimum absolute atomic E-state index is 0.148. The van der Waals surface area contributed by atoms with Crippen molar-refractivity contribution >= 4 is 5.69 Å². The third-order valence-corrected chi connectivity index (χ3v) is 2.18. The van der Waals surface area contributed by atoms with Crippen molar-refractivity contribution < 1.29 is 10.2 Å². The lowest BCUT2D eigenvalue weighted by Gasteiger charge is -2.06. The molecule has 0 saturated carbocycles. The van der Waals surface area contributed by atoms with E-state index in [9.17, 15) is 10.2 Å². The molecule has 0 aliphatic heterocycles. The van der Waals surface area contributed by atoms with Gasteiger partial charge in [-0.25, -0.2) is 0 Å². The van der Waals surface area contributed by atoms with Crippen LogP contribution in [-0.4, -0.2) is 10.2 Å². The van der Waals surface area contributed by atoms with Crippen LogP contribution in [0.25, 0.3) is 11.1 Å². The highest BCUT2D eigenvalue weighted by Gasteiger charge is 2.04. The zero-order valence-corrected chi connectivity index (χ0v) is 8.01. The fourth-order valence-electron chi connectivity index (χ4n) is 1.46. The lowest BCUT2D eigenvalue weighted by molar-refractivity contribution is 0.474. The molecule has 0 spiro atoms. The lowest BCUT2D eigenvalue weighted by atomic mass is 10.0. The summed E-state index contributed by atoms with van der Waals surface area (Å²) >= 11 is 0. The zero-order valence-electron chi connectivity index (χ0n) is 8.01. The summed E-state index contributed by atoms with van der Waals surface area (Å²) in [5.41, 5.74) is 7.56. The Morgan fingerprint density at radius 2 is 1.73 bits per heavy atom. The number of nitrogen functional groups attached to an aromatic ring is 1. The molecule has 76 valence electrons. The Labute approximate surface area is 87.4 Å². The van der Waals surface area contributed by atoms with E-state index in [-0.39, 0.29) is 11.5 Å². The standard InChI is InChI=1S/C12H11NO2/c13-9-4-5-12(15)11(7-9)8-2-1-3-10(14)6-8/h1-7,14-15H,13H2. The first-order valence-corrected chi connectivity index (χ1v) is 4.55. The summed E-state index contributed by atoms with van der Waals surface area (Å²) in [7, 11) is 0. The molecular weight excluding hydrogens is 190 g/mol. The normalized spacial score (nSPS) is 10.1. The van der Waals surface area contributed by atoms with Gasteiger partial charge in [0.2, 0.25) is 0 Å². The molecule has 3 nitrogen and oxygen atoms in total. The average Bonchev–Trinajstić information content (AvgIpc) is 2.22. The summed E-state index contributed by atoms with van der Waals surface area (Å²) in [5.74, 6) is 0.309. The minimum atomic E-state index is 0.148. The van der Waals surface area contributed by atoms with Crippen molar-refractivity contribution in [3.63, 3.8) is 0 Å². The van der Waals surface area contributed by atoms with Gasteiger partial charge in [-0.2, -0.15) is 0 Å². The number of hydrogen-bond donors (Lipinski definition) is 3. The van der Waals surface area contributed by atoms with Crippen LogP contribution >= 0.6 is 0 Å². The first-order valence-electron chi connectivity index (χ1n) is 4.55. The molecule has 0 fully saturated rings. The van der Waals surface area contributed by atoms with E-state index in [0.717, 1.165) is 5.56 Å². The quantitative estimate of drug-likeness (QED) is 0.490. The van der Waals surface area contributed by atoms with Gasteiger partial charge in [0.05, 0.1) is 0 Å². The Kier molecular flexibility index (Phi) is 2.21. The van der Waals surface area contributed by atoms with Gasteiger partial charge in [0.15, 0.2) is 0 Å². The van der Waals surface area contributed by atoms with E-state index in [4.69, 9.17) is 5.73 Å². The largest absolute Gasteiger partial charge is 0.508 e.